The van der Waals surface area contributed by atoms with Crippen LogP contribution in [0.3, 0.4) is 0 Å². The third kappa shape index (κ3) is 9.67. The van der Waals surface area contributed by atoms with Crippen molar-refractivity contribution in [2.24, 2.45) is 0 Å². The van der Waals surface area contributed by atoms with Gasteiger partial charge in [-0.3, -0.25) is 0 Å². The summed E-state index contributed by atoms with van der Waals surface area (Å²) in [7, 11) is -4.36. The van der Waals surface area contributed by atoms with Gasteiger partial charge in [-0.1, -0.05) is 13.5 Å². The summed E-state index contributed by atoms with van der Waals surface area (Å²) in [6.45, 7) is 6.41. The Morgan fingerprint density at radius 2 is 2.00 bits per heavy atom. The zero-order valence-corrected chi connectivity index (χ0v) is 13.1. The molecule has 0 aromatic heterocycles. The Hall–Kier alpha value is 0.756. The molecule has 0 aromatic rings. The van der Waals surface area contributed by atoms with Crippen LogP contribution >= 0.6 is 0 Å². The van der Waals surface area contributed by atoms with E-state index in [9.17, 15) is 17.8 Å². The van der Waals surface area contributed by atoms with Crippen molar-refractivity contribution in [3.8, 4) is 0 Å². The average Bonchev–Trinajstić information content (AvgIpc) is 2.00. The topological polar surface area (TPSA) is 83.5 Å². The monoisotopic (exact) mass is 260 g/mol. The van der Waals surface area contributed by atoms with E-state index in [2.05, 4.69) is 6.58 Å². The number of rotatable bonds is 5. The maximum Gasteiger partial charge on any atom is 1.00 e. The third-order valence-corrected chi connectivity index (χ3v) is 2.25. The molecular formula is C8H13KO5S. The van der Waals surface area contributed by atoms with Crippen LogP contribution in [-0.2, 0) is 19.6 Å². The van der Waals surface area contributed by atoms with E-state index in [1.807, 2.05) is 0 Å². The summed E-state index contributed by atoms with van der Waals surface area (Å²) in [4.78, 5) is 11.0. The summed E-state index contributed by atoms with van der Waals surface area (Å²) < 4.78 is 35.9. The Kier molecular flexibility index (Phi) is 9.59. The first-order chi connectivity index (χ1) is 6.26. The van der Waals surface area contributed by atoms with Crippen LogP contribution in [0.4, 0.5) is 0 Å². The number of carbonyl (C=O) groups excluding carboxylic acids is 1. The third-order valence-electron chi connectivity index (χ3n) is 1.47. The van der Waals surface area contributed by atoms with E-state index in [-0.39, 0.29) is 63.4 Å². The fourth-order valence-corrected chi connectivity index (χ4v) is 1.47. The molecule has 1 unspecified atom stereocenters. The SMILES string of the molecule is C=C(C)C(=O)OC(CC)CS(=O)(=O)[O-].[K+]. The second-order valence-electron chi connectivity index (χ2n) is 2.94. The second-order valence-corrected chi connectivity index (χ2v) is 4.39. The molecule has 7 heteroatoms. The van der Waals surface area contributed by atoms with Gasteiger partial charge in [0.2, 0.25) is 0 Å². The molecule has 0 aromatic carbocycles. The Balaban J connectivity index is 0. The zero-order chi connectivity index (χ0) is 11.4. The van der Waals surface area contributed by atoms with Gasteiger partial charge in [-0.2, -0.15) is 0 Å². The number of hydrogen-bond acceptors (Lipinski definition) is 5. The van der Waals surface area contributed by atoms with Gasteiger partial charge in [-0.15, -0.1) is 0 Å². The molecule has 0 radical (unpaired) electrons. The summed E-state index contributed by atoms with van der Waals surface area (Å²) >= 11 is 0. The predicted molar refractivity (Wildman–Crippen MR) is 49.5 cm³/mol. The molecule has 0 saturated heterocycles. The van der Waals surface area contributed by atoms with Crippen molar-refractivity contribution in [3.05, 3.63) is 12.2 Å². The van der Waals surface area contributed by atoms with Crippen LogP contribution in [0.5, 0.6) is 0 Å². The number of esters is 1. The molecule has 5 nitrogen and oxygen atoms in total. The van der Waals surface area contributed by atoms with Crippen LogP contribution < -0.4 is 51.4 Å². The van der Waals surface area contributed by atoms with Gasteiger partial charge in [0.1, 0.15) is 6.10 Å². The van der Waals surface area contributed by atoms with Crippen LogP contribution in [0, 0.1) is 0 Å². The summed E-state index contributed by atoms with van der Waals surface area (Å²) in [5, 5.41) is 0. The van der Waals surface area contributed by atoms with Crippen LogP contribution in [0.25, 0.3) is 0 Å². The number of carbonyl (C=O) groups is 1. The molecule has 0 rings (SSSR count). The molecule has 0 aliphatic rings. The van der Waals surface area contributed by atoms with Crippen molar-refractivity contribution in [2.45, 2.75) is 26.4 Å². The Morgan fingerprint density at radius 3 is 2.27 bits per heavy atom. The van der Waals surface area contributed by atoms with Crippen LogP contribution in [0.2, 0.25) is 0 Å². The van der Waals surface area contributed by atoms with Gasteiger partial charge in [-0.25, -0.2) is 13.2 Å². The van der Waals surface area contributed by atoms with E-state index in [4.69, 9.17) is 4.74 Å². The Bertz CT molecular complexity index is 322. The molecule has 0 aliphatic carbocycles. The summed E-state index contributed by atoms with van der Waals surface area (Å²) in [5.74, 6) is -1.37. The molecule has 1 atom stereocenters. The first kappa shape index (κ1) is 18.1. The van der Waals surface area contributed by atoms with E-state index < -0.39 is 27.9 Å². The maximum absolute atomic E-state index is 11.0. The molecule has 0 bridgehead atoms. The van der Waals surface area contributed by atoms with Crippen molar-refractivity contribution >= 4 is 16.1 Å². The average molecular weight is 260 g/mol. The van der Waals surface area contributed by atoms with Crippen molar-refractivity contribution < 1.29 is 73.9 Å². The van der Waals surface area contributed by atoms with Crippen LogP contribution in [-0.4, -0.2) is 30.8 Å². The van der Waals surface area contributed by atoms with Gasteiger partial charge in [0.25, 0.3) is 0 Å². The molecule has 82 valence electrons. The minimum Gasteiger partial charge on any atom is -0.748 e. The van der Waals surface area contributed by atoms with E-state index in [1.165, 1.54) is 6.92 Å². The minimum atomic E-state index is -4.36. The fraction of sp³-hybridized carbons (Fsp3) is 0.625. The smallest absolute Gasteiger partial charge is 0.748 e. The summed E-state index contributed by atoms with van der Waals surface area (Å²) in [6, 6.07) is 0. The quantitative estimate of drug-likeness (QED) is 0.235. The van der Waals surface area contributed by atoms with Crippen molar-refractivity contribution in [2.75, 3.05) is 5.75 Å². The van der Waals surface area contributed by atoms with Gasteiger partial charge in [0.15, 0.2) is 0 Å². The van der Waals surface area contributed by atoms with Crippen LogP contribution in [0.15, 0.2) is 12.2 Å². The summed E-state index contributed by atoms with van der Waals surface area (Å²) in [6.07, 6.45) is -0.609. The Morgan fingerprint density at radius 1 is 1.53 bits per heavy atom. The Labute approximate surface area is 132 Å². The molecule has 0 N–H and O–H groups in total. The van der Waals surface area contributed by atoms with E-state index in [0.717, 1.165) is 0 Å². The molecule has 0 heterocycles. The molecule has 15 heavy (non-hydrogen) atoms. The number of hydrogen-bond donors (Lipinski definition) is 0. The minimum absolute atomic E-state index is 0. The van der Waals surface area contributed by atoms with E-state index in [0.29, 0.717) is 0 Å². The molecular weight excluding hydrogens is 247 g/mol. The van der Waals surface area contributed by atoms with E-state index >= 15 is 0 Å². The number of ether oxygens (including phenoxy) is 1. The maximum atomic E-state index is 11.0. The molecule has 0 amide bonds. The molecule has 0 fully saturated rings. The van der Waals surface area contributed by atoms with Gasteiger partial charge in [-0.05, 0) is 13.3 Å². The van der Waals surface area contributed by atoms with Gasteiger partial charge >= 0.3 is 57.4 Å². The fourth-order valence-electron chi connectivity index (χ4n) is 0.715. The van der Waals surface area contributed by atoms with Crippen LogP contribution in [0.1, 0.15) is 20.3 Å². The second kappa shape index (κ2) is 7.94. The first-order valence-corrected chi connectivity index (χ1v) is 5.64. The summed E-state index contributed by atoms with van der Waals surface area (Å²) in [5.41, 5.74) is 0.173. The van der Waals surface area contributed by atoms with Crippen molar-refractivity contribution in [1.29, 1.82) is 0 Å². The largest absolute Gasteiger partial charge is 1.00 e. The first-order valence-electron chi connectivity index (χ1n) is 4.06. The van der Waals surface area contributed by atoms with Gasteiger partial charge in [0, 0.05) is 5.57 Å². The van der Waals surface area contributed by atoms with Gasteiger partial charge in [0.05, 0.1) is 15.9 Å². The van der Waals surface area contributed by atoms with E-state index in [1.54, 1.807) is 6.92 Å². The standard InChI is InChI=1S/C8H14O5S.K/c1-4-7(5-14(10,11)12)13-8(9)6(2)3;/h7H,2,4-5H2,1,3H3,(H,10,11,12);/q;+1/p-1. The zero-order valence-electron chi connectivity index (χ0n) is 9.15. The normalized spacial score (nSPS) is 12.5. The molecule has 0 aliphatic heterocycles. The van der Waals surface area contributed by atoms with Gasteiger partial charge < -0.3 is 9.29 Å². The van der Waals surface area contributed by atoms with Crippen molar-refractivity contribution in [1.82, 2.24) is 0 Å². The van der Waals surface area contributed by atoms with Crippen molar-refractivity contribution in [3.63, 3.8) is 0 Å². The molecule has 0 saturated carbocycles. The molecule has 0 spiro atoms. The predicted octanol–water partition coefficient (Wildman–Crippen LogP) is -2.57.